The summed E-state index contributed by atoms with van der Waals surface area (Å²) < 4.78 is 4.85. The Balaban J connectivity index is 2.70. The van der Waals surface area contributed by atoms with Gasteiger partial charge in [-0.25, -0.2) is 14.8 Å². The number of nitrogens with zero attached hydrogens (tertiary/aromatic N) is 2. The molecule has 1 aromatic heterocycles. The quantitative estimate of drug-likeness (QED) is 0.493. The number of rotatable bonds is 3. The Morgan fingerprint density at radius 2 is 2.50 bits per heavy atom. The first-order valence-electron chi connectivity index (χ1n) is 3.39. The van der Waals surface area contributed by atoms with Gasteiger partial charge in [-0.05, 0) is 5.56 Å². The van der Waals surface area contributed by atoms with E-state index in [1.807, 2.05) is 0 Å². The van der Waals surface area contributed by atoms with Gasteiger partial charge in [0.1, 0.15) is 0 Å². The normalized spacial score (nSPS) is 8.75. The van der Waals surface area contributed by atoms with Crippen LogP contribution in [-0.4, -0.2) is 18.2 Å². The van der Waals surface area contributed by atoms with Crippen molar-refractivity contribution < 1.29 is 9.53 Å². The van der Waals surface area contributed by atoms with Gasteiger partial charge in [0.05, 0.1) is 13.7 Å². The van der Waals surface area contributed by atoms with Crippen LogP contribution in [0.15, 0.2) is 23.3 Å². The van der Waals surface area contributed by atoms with Gasteiger partial charge in [-0.15, -0.1) is 0 Å². The lowest BCUT2D eigenvalue weighted by atomic mass is 10.3. The Morgan fingerprint density at radius 1 is 1.67 bits per heavy atom. The molecule has 0 bridgehead atoms. The third kappa shape index (κ3) is 2.18. The monoisotopic (exact) mass is 164 g/mol. The van der Waals surface area contributed by atoms with E-state index < -0.39 is 0 Å². The molecule has 1 rings (SSSR count). The maximum Gasteiger partial charge on any atom is 0.235 e. The number of hydrogen-bond acceptors (Lipinski definition) is 4. The first-order chi connectivity index (χ1) is 5.86. The minimum Gasteiger partial charge on any atom is -0.481 e. The molecule has 0 N–H and O–H groups in total. The molecule has 4 heteroatoms. The first kappa shape index (κ1) is 8.43. The van der Waals surface area contributed by atoms with Crippen LogP contribution >= 0.6 is 0 Å². The van der Waals surface area contributed by atoms with Crippen molar-refractivity contribution in [1.29, 1.82) is 0 Å². The molecule has 0 saturated carbocycles. The van der Waals surface area contributed by atoms with Gasteiger partial charge in [0, 0.05) is 12.3 Å². The second-order valence-corrected chi connectivity index (χ2v) is 2.12. The van der Waals surface area contributed by atoms with Crippen molar-refractivity contribution >= 4 is 6.08 Å². The van der Waals surface area contributed by atoms with Crippen LogP contribution in [0.4, 0.5) is 0 Å². The van der Waals surface area contributed by atoms with Gasteiger partial charge >= 0.3 is 0 Å². The fourth-order valence-electron chi connectivity index (χ4n) is 0.749. The van der Waals surface area contributed by atoms with Crippen LogP contribution in [0.25, 0.3) is 0 Å². The first-order valence-corrected chi connectivity index (χ1v) is 3.39. The molecule has 0 aliphatic heterocycles. The third-order valence-electron chi connectivity index (χ3n) is 1.33. The van der Waals surface area contributed by atoms with Crippen LogP contribution in [0, 0.1) is 0 Å². The van der Waals surface area contributed by atoms with E-state index in [9.17, 15) is 4.79 Å². The summed E-state index contributed by atoms with van der Waals surface area (Å²) >= 11 is 0. The molecule has 0 spiro atoms. The SMILES string of the molecule is COc1ccc(CN=C=O)cn1. The van der Waals surface area contributed by atoms with Crippen LogP contribution in [0.2, 0.25) is 0 Å². The summed E-state index contributed by atoms with van der Waals surface area (Å²) in [6.07, 6.45) is 3.07. The molecule has 0 aromatic carbocycles. The summed E-state index contributed by atoms with van der Waals surface area (Å²) in [5, 5.41) is 0. The number of aromatic nitrogens is 1. The minimum absolute atomic E-state index is 0.320. The van der Waals surface area contributed by atoms with Gasteiger partial charge < -0.3 is 4.74 Å². The Bertz CT molecular complexity index is 288. The molecule has 0 radical (unpaired) electrons. The van der Waals surface area contributed by atoms with Crippen molar-refractivity contribution in [1.82, 2.24) is 4.98 Å². The molecule has 12 heavy (non-hydrogen) atoms. The topological polar surface area (TPSA) is 51.5 Å². The molecule has 0 aliphatic carbocycles. The number of hydrogen-bond donors (Lipinski definition) is 0. The number of ether oxygens (including phenoxy) is 1. The van der Waals surface area contributed by atoms with Crippen molar-refractivity contribution in [3.8, 4) is 5.88 Å². The lowest BCUT2D eigenvalue weighted by Gasteiger charge is -1.97. The Hall–Kier alpha value is -1.67. The fourth-order valence-corrected chi connectivity index (χ4v) is 0.749. The highest BCUT2D eigenvalue weighted by molar-refractivity contribution is 5.33. The molecule has 0 aliphatic rings. The average Bonchev–Trinajstić information content (AvgIpc) is 2.15. The van der Waals surface area contributed by atoms with E-state index in [1.165, 1.54) is 6.08 Å². The largest absolute Gasteiger partial charge is 0.481 e. The van der Waals surface area contributed by atoms with Crippen molar-refractivity contribution in [2.75, 3.05) is 7.11 Å². The molecule has 0 amide bonds. The van der Waals surface area contributed by atoms with Crippen LogP contribution in [0.1, 0.15) is 5.56 Å². The Morgan fingerprint density at radius 3 is 3.00 bits per heavy atom. The molecule has 0 fully saturated rings. The van der Waals surface area contributed by atoms with Crippen LogP contribution in [0.5, 0.6) is 5.88 Å². The average molecular weight is 164 g/mol. The summed E-state index contributed by atoms with van der Waals surface area (Å²) in [6, 6.07) is 3.52. The van der Waals surface area contributed by atoms with Crippen LogP contribution < -0.4 is 4.74 Å². The smallest absolute Gasteiger partial charge is 0.235 e. The molecule has 1 heterocycles. The van der Waals surface area contributed by atoms with E-state index >= 15 is 0 Å². The third-order valence-corrected chi connectivity index (χ3v) is 1.33. The van der Waals surface area contributed by atoms with Gasteiger partial charge in [-0.1, -0.05) is 6.07 Å². The predicted molar refractivity (Wildman–Crippen MR) is 42.6 cm³/mol. The maximum atomic E-state index is 9.76. The maximum absolute atomic E-state index is 9.76. The zero-order valence-electron chi connectivity index (χ0n) is 6.65. The second kappa shape index (κ2) is 4.26. The molecule has 62 valence electrons. The summed E-state index contributed by atoms with van der Waals surface area (Å²) in [4.78, 5) is 17.1. The highest BCUT2D eigenvalue weighted by Crippen LogP contribution is 2.06. The molecular weight excluding hydrogens is 156 g/mol. The van der Waals surface area contributed by atoms with Crippen molar-refractivity contribution in [3.63, 3.8) is 0 Å². The van der Waals surface area contributed by atoms with E-state index in [4.69, 9.17) is 4.74 Å². The predicted octanol–water partition coefficient (Wildman–Crippen LogP) is 0.926. The van der Waals surface area contributed by atoms with Crippen molar-refractivity contribution in [3.05, 3.63) is 23.9 Å². The molecule has 1 aromatic rings. The van der Waals surface area contributed by atoms with E-state index in [0.29, 0.717) is 12.4 Å². The highest BCUT2D eigenvalue weighted by Gasteiger charge is 1.92. The van der Waals surface area contributed by atoms with Crippen LogP contribution in [0.3, 0.4) is 0 Å². The molecule has 4 nitrogen and oxygen atoms in total. The molecule has 0 atom stereocenters. The Labute approximate surface area is 69.9 Å². The second-order valence-electron chi connectivity index (χ2n) is 2.12. The van der Waals surface area contributed by atoms with E-state index in [1.54, 1.807) is 25.4 Å². The summed E-state index contributed by atoms with van der Waals surface area (Å²) in [6.45, 7) is 0.320. The number of methoxy groups -OCH3 is 1. The van der Waals surface area contributed by atoms with Gasteiger partial charge in [0.15, 0.2) is 0 Å². The lowest BCUT2D eigenvalue weighted by molar-refractivity contribution is 0.397. The zero-order chi connectivity index (χ0) is 8.81. The summed E-state index contributed by atoms with van der Waals surface area (Å²) in [7, 11) is 1.55. The zero-order valence-corrected chi connectivity index (χ0v) is 6.65. The summed E-state index contributed by atoms with van der Waals surface area (Å²) in [5.74, 6) is 0.550. The molecule has 0 unspecified atom stereocenters. The van der Waals surface area contributed by atoms with E-state index in [0.717, 1.165) is 5.56 Å². The number of carbonyl (C=O) groups excluding carboxylic acids is 1. The van der Waals surface area contributed by atoms with Gasteiger partial charge in [0.2, 0.25) is 12.0 Å². The number of pyridine rings is 1. The van der Waals surface area contributed by atoms with Crippen molar-refractivity contribution in [2.24, 2.45) is 4.99 Å². The lowest BCUT2D eigenvalue weighted by Crippen LogP contribution is -1.88. The highest BCUT2D eigenvalue weighted by atomic mass is 16.5. The van der Waals surface area contributed by atoms with E-state index in [-0.39, 0.29) is 0 Å². The minimum atomic E-state index is 0.320. The molecule has 0 saturated heterocycles. The van der Waals surface area contributed by atoms with Gasteiger partial charge in [-0.2, -0.15) is 0 Å². The number of aliphatic imine (C=N–C) groups is 1. The van der Waals surface area contributed by atoms with Gasteiger partial charge in [-0.3, -0.25) is 0 Å². The van der Waals surface area contributed by atoms with Crippen LogP contribution in [-0.2, 0) is 11.3 Å². The standard InChI is InChI=1S/C8H8N2O2/c1-12-8-3-2-7(5-10-8)4-9-6-11/h2-3,5H,4H2,1H3. The fraction of sp³-hybridized carbons (Fsp3) is 0.250. The van der Waals surface area contributed by atoms with Crippen molar-refractivity contribution in [2.45, 2.75) is 6.54 Å². The van der Waals surface area contributed by atoms with Gasteiger partial charge in [0.25, 0.3) is 0 Å². The summed E-state index contributed by atoms with van der Waals surface area (Å²) in [5.41, 5.74) is 0.860. The Kier molecular flexibility index (Phi) is 2.99. The van der Waals surface area contributed by atoms with E-state index in [2.05, 4.69) is 9.98 Å². The molecular formula is C8H8N2O2. The number of isocyanates is 1.